The smallest absolute Gasteiger partial charge is 0.469 e. The first-order valence-electron chi connectivity index (χ1n) is 6.66. The summed E-state index contributed by atoms with van der Waals surface area (Å²) >= 11 is 0. The number of hydrogen-bond donors (Lipinski definition) is 0. The Morgan fingerprint density at radius 3 is 2.22 bits per heavy atom. The number of carbonyl (C=O) groups excluding carboxylic acids is 3. The van der Waals surface area contributed by atoms with Crippen molar-refractivity contribution in [3.63, 3.8) is 0 Å². The summed E-state index contributed by atoms with van der Waals surface area (Å²) in [5, 5.41) is 0. The predicted octanol–water partition coefficient (Wildman–Crippen LogP) is 1.97. The van der Waals surface area contributed by atoms with Crippen molar-refractivity contribution in [3.8, 4) is 0 Å². The molecule has 7 nitrogen and oxygen atoms in total. The minimum Gasteiger partial charge on any atom is -0.469 e. The minimum absolute atomic E-state index is 0.209. The van der Waals surface area contributed by atoms with Gasteiger partial charge in [-0.15, -0.1) is 0 Å². The number of esters is 2. The zero-order valence-corrected chi connectivity index (χ0v) is 12.7. The summed E-state index contributed by atoms with van der Waals surface area (Å²) in [5.74, 6) is -1.78. The fourth-order valence-corrected chi connectivity index (χ4v) is 1.63. The first-order chi connectivity index (χ1) is 10.9. The van der Waals surface area contributed by atoms with Crippen LogP contribution in [0, 0.1) is 5.82 Å². The number of ether oxygens (including phenoxy) is 4. The normalized spacial score (nSPS) is 10.1. The maximum absolute atomic E-state index is 13.0. The Hall–Kier alpha value is -2.64. The average molecular weight is 328 g/mol. The number of halogens is 1. The summed E-state index contributed by atoms with van der Waals surface area (Å²) in [6.07, 6.45) is -2.80. The summed E-state index contributed by atoms with van der Waals surface area (Å²) in [7, 11) is 2.33. The van der Waals surface area contributed by atoms with Gasteiger partial charge in [0, 0.05) is 0 Å². The molecule has 0 saturated heterocycles. The van der Waals surface area contributed by atoms with E-state index in [-0.39, 0.29) is 19.4 Å². The highest BCUT2D eigenvalue weighted by molar-refractivity contribution is 5.74. The third kappa shape index (κ3) is 7.25. The van der Waals surface area contributed by atoms with Gasteiger partial charge in [0.25, 0.3) is 0 Å². The molecule has 8 heteroatoms. The van der Waals surface area contributed by atoms with Crippen molar-refractivity contribution in [2.24, 2.45) is 0 Å². The van der Waals surface area contributed by atoms with Crippen molar-refractivity contribution < 1.29 is 37.7 Å². The minimum atomic E-state index is -1.09. The van der Waals surface area contributed by atoms with Gasteiger partial charge in [-0.2, -0.15) is 0 Å². The first kappa shape index (κ1) is 18.4. The van der Waals surface area contributed by atoms with E-state index in [9.17, 15) is 18.8 Å². The zero-order chi connectivity index (χ0) is 17.2. The Kier molecular flexibility index (Phi) is 7.52. The quantitative estimate of drug-likeness (QED) is 0.558. The van der Waals surface area contributed by atoms with Gasteiger partial charge in [0.05, 0.1) is 27.1 Å². The van der Waals surface area contributed by atoms with Crippen LogP contribution in [0.1, 0.15) is 18.4 Å². The lowest BCUT2D eigenvalue weighted by Gasteiger charge is -2.15. The van der Waals surface area contributed by atoms with Crippen molar-refractivity contribution in [2.45, 2.75) is 25.6 Å². The summed E-state index contributed by atoms with van der Waals surface area (Å²) in [4.78, 5) is 34.1. The summed E-state index contributed by atoms with van der Waals surface area (Å²) in [6, 6.07) is 5.49. The van der Waals surface area contributed by atoms with Crippen LogP contribution >= 0.6 is 0 Å². The van der Waals surface area contributed by atoms with E-state index in [0.717, 1.165) is 0 Å². The lowest BCUT2D eigenvalue weighted by atomic mass is 10.2. The number of benzene rings is 1. The van der Waals surface area contributed by atoms with Gasteiger partial charge in [0.2, 0.25) is 0 Å². The standard InChI is InChI=1S/C15H17FO7/c1-20-13(17)7-12(8-14(18)21-2)23-15(19)22-9-10-4-3-5-11(16)6-10/h3-6,12H,7-9H2,1-2H3. The van der Waals surface area contributed by atoms with E-state index < -0.39 is 30.0 Å². The van der Waals surface area contributed by atoms with Crippen molar-refractivity contribution >= 4 is 18.1 Å². The van der Waals surface area contributed by atoms with E-state index >= 15 is 0 Å². The molecule has 0 fully saturated rings. The molecule has 0 heterocycles. The lowest BCUT2D eigenvalue weighted by Crippen LogP contribution is -2.26. The molecule has 1 rings (SSSR count). The molecule has 1 aromatic rings. The van der Waals surface area contributed by atoms with Crippen LogP contribution in [0.25, 0.3) is 0 Å². The second-order valence-electron chi connectivity index (χ2n) is 4.47. The van der Waals surface area contributed by atoms with Gasteiger partial charge in [-0.3, -0.25) is 9.59 Å². The summed E-state index contributed by atoms with van der Waals surface area (Å²) in [5.41, 5.74) is 0.430. The third-order valence-corrected chi connectivity index (χ3v) is 2.75. The summed E-state index contributed by atoms with van der Waals surface area (Å²) in [6.45, 7) is -0.209. The van der Waals surface area contributed by atoms with Crippen LogP contribution in [-0.2, 0) is 35.1 Å². The molecule has 0 amide bonds. The SMILES string of the molecule is COC(=O)CC(CC(=O)OC)OC(=O)OCc1cccc(F)c1. The Labute approximate surface area is 132 Å². The molecule has 0 aliphatic rings. The predicted molar refractivity (Wildman–Crippen MR) is 74.7 cm³/mol. The molecule has 0 unspecified atom stereocenters. The molecule has 0 N–H and O–H groups in total. The molecular weight excluding hydrogens is 311 g/mol. The molecular formula is C15H17FO7. The Balaban J connectivity index is 2.54. The van der Waals surface area contributed by atoms with Crippen molar-refractivity contribution in [1.29, 1.82) is 0 Å². The lowest BCUT2D eigenvalue weighted by molar-refractivity contribution is -0.147. The Morgan fingerprint density at radius 1 is 1.09 bits per heavy atom. The van der Waals surface area contributed by atoms with Gasteiger partial charge in [0.1, 0.15) is 18.5 Å². The number of carbonyl (C=O) groups is 3. The first-order valence-corrected chi connectivity index (χ1v) is 6.66. The maximum atomic E-state index is 13.0. The molecule has 23 heavy (non-hydrogen) atoms. The van der Waals surface area contributed by atoms with E-state index in [4.69, 9.17) is 9.47 Å². The largest absolute Gasteiger partial charge is 0.508 e. The van der Waals surface area contributed by atoms with Crippen molar-refractivity contribution in [1.82, 2.24) is 0 Å². The molecule has 0 atom stereocenters. The monoisotopic (exact) mass is 328 g/mol. The molecule has 0 saturated carbocycles. The Bertz CT molecular complexity index is 541. The second kappa shape index (κ2) is 9.39. The van der Waals surface area contributed by atoms with E-state index in [0.29, 0.717) is 5.56 Å². The molecule has 1 aromatic carbocycles. The highest BCUT2D eigenvalue weighted by atomic mass is 19.1. The van der Waals surface area contributed by atoms with Gasteiger partial charge in [-0.25, -0.2) is 9.18 Å². The number of hydrogen-bond acceptors (Lipinski definition) is 7. The molecule has 0 bridgehead atoms. The van der Waals surface area contributed by atoms with Crippen molar-refractivity contribution in [3.05, 3.63) is 35.6 Å². The van der Waals surface area contributed by atoms with Gasteiger partial charge in [0.15, 0.2) is 0 Å². The molecule has 0 radical (unpaired) electrons. The van der Waals surface area contributed by atoms with Crippen LogP contribution in [0.4, 0.5) is 9.18 Å². The van der Waals surface area contributed by atoms with Gasteiger partial charge < -0.3 is 18.9 Å². The van der Waals surface area contributed by atoms with Crippen LogP contribution < -0.4 is 0 Å². The van der Waals surface area contributed by atoms with Crippen LogP contribution in [0.5, 0.6) is 0 Å². The fourth-order valence-electron chi connectivity index (χ4n) is 1.63. The molecule has 0 aromatic heterocycles. The maximum Gasteiger partial charge on any atom is 0.508 e. The van der Waals surface area contributed by atoms with Crippen LogP contribution in [0.2, 0.25) is 0 Å². The molecule has 0 aliphatic heterocycles. The van der Waals surface area contributed by atoms with Gasteiger partial charge in [-0.1, -0.05) is 12.1 Å². The fraction of sp³-hybridized carbons (Fsp3) is 0.400. The topological polar surface area (TPSA) is 88.1 Å². The highest BCUT2D eigenvalue weighted by Gasteiger charge is 2.23. The Morgan fingerprint density at radius 2 is 1.70 bits per heavy atom. The second-order valence-corrected chi connectivity index (χ2v) is 4.47. The number of methoxy groups -OCH3 is 2. The van der Waals surface area contributed by atoms with Crippen LogP contribution in [0.15, 0.2) is 24.3 Å². The van der Waals surface area contributed by atoms with Gasteiger partial charge >= 0.3 is 18.1 Å². The number of rotatable bonds is 7. The molecule has 0 aliphatic carbocycles. The van der Waals surface area contributed by atoms with Crippen LogP contribution in [0.3, 0.4) is 0 Å². The zero-order valence-electron chi connectivity index (χ0n) is 12.7. The van der Waals surface area contributed by atoms with E-state index in [1.54, 1.807) is 6.07 Å². The van der Waals surface area contributed by atoms with E-state index in [1.165, 1.54) is 32.4 Å². The molecule has 126 valence electrons. The van der Waals surface area contributed by atoms with E-state index in [2.05, 4.69) is 9.47 Å². The van der Waals surface area contributed by atoms with E-state index in [1.807, 2.05) is 0 Å². The molecule has 0 spiro atoms. The highest BCUT2D eigenvalue weighted by Crippen LogP contribution is 2.10. The third-order valence-electron chi connectivity index (χ3n) is 2.75. The van der Waals surface area contributed by atoms with Crippen molar-refractivity contribution in [2.75, 3.05) is 14.2 Å². The van der Waals surface area contributed by atoms with Crippen LogP contribution in [-0.4, -0.2) is 38.4 Å². The average Bonchev–Trinajstić information content (AvgIpc) is 2.52. The summed E-state index contributed by atoms with van der Waals surface area (Å²) < 4.78 is 31.6. The van der Waals surface area contributed by atoms with Gasteiger partial charge in [-0.05, 0) is 17.7 Å².